The highest BCUT2D eigenvalue weighted by atomic mass is 16.5. The van der Waals surface area contributed by atoms with E-state index in [0.717, 1.165) is 36.9 Å². The molecule has 1 saturated carbocycles. The van der Waals surface area contributed by atoms with Crippen LogP contribution in [0.5, 0.6) is 5.75 Å². The molecule has 2 amide bonds. The number of aromatic nitrogens is 5. The van der Waals surface area contributed by atoms with Gasteiger partial charge in [0.2, 0.25) is 11.7 Å². The highest BCUT2D eigenvalue weighted by Gasteiger charge is 2.30. The highest BCUT2D eigenvalue weighted by Crippen LogP contribution is 2.39. The number of hydrogen-bond acceptors (Lipinski definition) is 8. The molecule has 0 bridgehead atoms. The van der Waals surface area contributed by atoms with Crippen molar-refractivity contribution in [1.82, 2.24) is 24.3 Å². The smallest absolute Gasteiger partial charge is 0.296 e. The molecule has 3 aromatic heterocycles. The minimum absolute atomic E-state index is 0.0929. The van der Waals surface area contributed by atoms with Gasteiger partial charge in [-0.3, -0.25) is 19.0 Å². The van der Waals surface area contributed by atoms with E-state index in [-0.39, 0.29) is 23.5 Å². The molecule has 184 valence electrons. The summed E-state index contributed by atoms with van der Waals surface area (Å²) in [5.74, 6) is -0.893. The normalized spacial score (nSPS) is 16.0. The first kappa shape index (κ1) is 22.0. The van der Waals surface area contributed by atoms with E-state index < -0.39 is 22.9 Å². The molecule has 1 aliphatic heterocycles. The summed E-state index contributed by atoms with van der Waals surface area (Å²) in [6, 6.07) is 5.81. The number of fused-ring (bicyclic) bond motifs is 1. The summed E-state index contributed by atoms with van der Waals surface area (Å²) in [6.45, 7) is 0.674. The first-order valence-electron chi connectivity index (χ1n) is 11.8. The van der Waals surface area contributed by atoms with Crippen LogP contribution in [0.1, 0.15) is 48.6 Å². The second-order valence-corrected chi connectivity index (χ2v) is 9.08. The van der Waals surface area contributed by atoms with Crippen LogP contribution in [0.15, 0.2) is 40.0 Å². The molecule has 0 spiro atoms. The largest absolute Gasteiger partial charge is 0.501 e. The predicted molar refractivity (Wildman–Crippen MR) is 129 cm³/mol. The van der Waals surface area contributed by atoms with Crippen molar-refractivity contribution in [2.75, 3.05) is 16.8 Å². The molecule has 12 heteroatoms. The number of carbonyl (C=O) groups is 2. The number of amides is 2. The number of anilines is 2. The van der Waals surface area contributed by atoms with E-state index in [1.807, 2.05) is 22.8 Å². The molecule has 2 aliphatic rings. The lowest BCUT2D eigenvalue weighted by Crippen LogP contribution is -2.27. The molecule has 36 heavy (non-hydrogen) atoms. The fourth-order valence-electron chi connectivity index (χ4n) is 4.75. The van der Waals surface area contributed by atoms with Crippen molar-refractivity contribution < 1.29 is 19.2 Å². The topological polar surface area (TPSA) is 148 Å². The van der Waals surface area contributed by atoms with Crippen LogP contribution in [0, 0.1) is 0 Å². The summed E-state index contributed by atoms with van der Waals surface area (Å²) in [4.78, 5) is 49.0. The van der Waals surface area contributed by atoms with E-state index in [2.05, 4.69) is 15.5 Å². The number of rotatable bonds is 5. The number of hydrogen-bond donors (Lipinski definition) is 2. The van der Waals surface area contributed by atoms with Crippen LogP contribution in [0.25, 0.3) is 22.7 Å². The van der Waals surface area contributed by atoms with Gasteiger partial charge in [-0.1, -0.05) is 5.16 Å². The zero-order valence-corrected chi connectivity index (χ0v) is 19.5. The quantitative estimate of drug-likeness (QED) is 0.435. The van der Waals surface area contributed by atoms with Crippen LogP contribution in [-0.4, -0.2) is 47.7 Å². The lowest BCUT2D eigenvalue weighted by molar-refractivity contribution is -0.117. The zero-order valence-electron chi connectivity index (χ0n) is 19.5. The predicted octanol–water partition coefficient (Wildman–Crippen LogP) is 2.59. The molecule has 4 aromatic rings. The van der Waals surface area contributed by atoms with Crippen molar-refractivity contribution in [1.29, 1.82) is 0 Å². The van der Waals surface area contributed by atoms with Crippen molar-refractivity contribution in [3.63, 3.8) is 0 Å². The van der Waals surface area contributed by atoms with Gasteiger partial charge >= 0.3 is 0 Å². The number of nitrogens with one attached hydrogen (secondary N) is 1. The minimum Gasteiger partial charge on any atom is -0.501 e. The summed E-state index contributed by atoms with van der Waals surface area (Å²) in [6.07, 6.45) is 6.78. The van der Waals surface area contributed by atoms with Crippen LogP contribution >= 0.6 is 0 Å². The van der Waals surface area contributed by atoms with Crippen LogP contribution in [0.2, 0.25) is 0 Å². The summed E-state index contributed by atoms with van der Waals surface area (Å²) < 4.78 is 7.93. The number of nitrogens with zero attached hydrogens (tertiary/aromatic N) is 6. The molecule has 1 aromatic carbocycles. The number of aromatic hydroxyl groups is 1. The van der Waals surface area contributed by atoms with Gasteiger partial charge in [0.1, 0.15) is 12.0 Å². The maximum Gasteiger partial charge on any atom is 0.296 e. The number of imidazole rings is 1. The van der Waals surface area contributed by atoms with Crippen molar-refractivity contribution in [3.8, 4) is 17.4 Å². The van der Waals surface area contributed by atoms with Gasteiger partial charge in [0.05, 0.1) is 17.2 Å². The lowest BCUT2D eigenvalue weighted by atomic mass is 9.92. The standard InChI is InChI=1S/C24H23N7O5/c1-29-21(28-19(20(33)24(29)35)23(34)26-13-11-25-36-12-13)22-27-16-8-7-15(30-9-3-6-18(30)32)10-17(16)31(22)14-4-2-5-14/h7-8,10-12,14,33H,2-6,9H2,1H3,(H,26,34). The maximum absolute atomic E-state index is 12.9. The van der Waals surface area contributed by atoms with E-state index in [4.69, 9.17) is 9.51 Å². The second kappa shape index (κ2) is 8.33. The Morgan fingerprint density at radius 1 is 1.17 bits per heavy atom. The third-order valence-corrected chi connectivity index (χ3v) is 6.87. The van der Waals surface area contributed by atoms with E-state index in [1.165, 1.54) is 24.1 Å². The maximum atomic E-state index is 12.9. The fraction of sp³-hybridized carbons (Fsp3) is 0.333. The van der Waals surface area contributed by atoms with Gasteiger partial charge in [-0.25, -0.2) is 9.97 Å². The van der Waals surface area contributed by atoms with E-state index in [1.54, 1.807) is 4.90 Å². The van der Waals surface area contributed by atoms with E-state index >= 15 is 0 Å². The zero-order chi connectivity index (χ0) is 25.0. The fourth-order valence-corrected chi connectivity index (χ4v) is 4.75. The first-order valence-corrected chi connectivity index (χ1v) is 11.8. The molecule has 2 N–H and O–H groups in total. The SMILES string of the molecule is Cn1c(-c2nc3ccc(N4CCCC4=O)cc3n2C2CCC2)nc(C(=O)Nc2cnoc2)c(O)c1=O. The minimum atomic E-state index is -0.782. The summed E-state index contributed by atoms with van der Waals surface area (Å²) in [5, 5.41) is 16.5. The Balaban J connectivity index is 1.51. The van der Waals surface area contributed by atoms with Gasteiger partial charge in [-0.2, -0.15) is 0 Å². The third-order valence-electron chi connectivity index (χ3n) is 6.87. The molecule has 4 heterocycles. The Labute approximate surface area is 204 Å². The Bertz CT molecular complexity index is 1570. The molecular weight excluding hydrogens is 466 g/mol. The van der Waals surface area contributed by atoms with Crippen molar-refractivity contribution in [3.05, 3.63) is 46.7 Å². The molecule has 0 radical (unpaired) electrons. The lowest BCUT2D eigenvalue weighted by Gasteiger charge is -2.29. The Morgan fingerprint density at radius 2 is 2.00 bits per heavy atom. The van der Waals surface area contributed by atoms with E-state index in [0.29, 0.717) is 24.3 Å². The Hall–Kier alpha value is -4.48. The van der Waals surface area contributed by atoms with Crippen molar-refractivity contribution in [2.45, 2.75) is 38.1 Å². The molecule has 2 fully saturated rings. The number of carbonyl (C=O) groups excluding carboxylic acids is 2. The van der Waals surface area contributed by atoms with Crippen LogP contribution < -0.4 is 15.8 Å². The average Bonchev–Trinajstić information content (AvgIpc) is 3.57. The molecule has 1 aliphatic carbocycles. The van der Waals surface area contributed by atoms with Crippen LogP contribution in [-0.2, 0) is 11.8 Å². The third kappa shape index (κ3) is 3.44. The monoisotopic (exact) mass is 489 g/mol. The Morgan fingerprint density at radius 3 is 2.67 bits per heavy atom. The van der Waals surface area contributed by atoms with Crippen molar-refractivity contribution in [2.24, 2.45) is 7.05 Å². The molecule has 0 atom stereocenters. The summed E-state index contributed by atoms with van der Waals surface area (Å²) in [5.41, 5.74) is 1.37. The van der Waals surface area contributed by atoms with Gasteiger partial charge in [0.25, 0.3) is 11.5 Å². The van der Waals surface area contributed by atoms with Gasteiger partial charge in [0.15, 0.2) is 17.3 Å². The molecule has 0 unspecified atom stereocenters. The van der Waals surface area contributed by atoms with Crippen molar-refractivity contribution >= 4 is 34.2 Å². The van der Waals surface area contributed by atoms with E-state index in [9.17, 15) is 19.5 Å². The van der Waals surface area contributed by atoms with Gasteiger partial charge in [0, 0.05) is 31.7 Å². The highest BCUT2D eigenvalue weighted by molar-refractivity contribution is 6.04. The van der Waals surface area contributed by atoms with Crippen LogP contribution in [0.3, 0.4) is 0 Å². The van der Waals surface area contributed by atoms with Gasteiger partial charge in [-0.15, -0.1) is 0 Å². The molecular formula is C24H23N7O5. The summed E-state index contributed by atoms with van der Waals surface area (Å²) >= 11 is 0. The summed E-state index contributed by atoms with van der Waals surface area (Å²) in [7, 11) is 1.48. The van der Waals surface area contributed by atoms with Crippen LogP contribution in [0.4, 0.5) is 11.4 Å². The van der Waals surface area contributed by atoms with Gasteiger partial charge in [-0.05, 0) is 43.9 Å². The first-order chi connectivity index (χ1) is 17.4. The average molecular weight is 489 g/mol. The number of benzene rings is 1. The molecule has 6 rings (SSSR count). The molecule has 12 nitrogen and oxygen atoms in total. The Kier molecular flexibility index (Phi) is 5.09. The second-order valence-electron chi connectivity index (χ2n) is 9.08. The molecule has 1 saturated heterocycles. The van der Waals surface area contributed by atoms with Gasteiger partial charge < -0.3 is 24.4 Å².